The molecule has 1 heterocycles. The molecule has 0 amide bonds. The zero-order chi connectivity index (χ0) is 14.9. The van der Waals surface area contributed by atoms with E-state index in [2.05, 4.69) is 34.9 Å². The predicted octanol–water partition coefficient (Wildman–Crippen LogP) is 3.93. The number of carbonyl (C=O) groups is 1. The van der Waals surface area contributed by atoms with Crippen LogP contribution in [0.15, 0.2) is 27.2 Å². The molecule has 5 nitrogen and oxygen atoms in total. The minimum Gasteiger partial charge on any atom is -0.496 e. The lowest BCUT2D eigenvalue weighted by Crippen LogP contribution is -1.96. The summed E-state index contributed by atoms with van der Waals surface area (Å²) in [5, 5.41) is 12.6. The van der Waals surface area contributed by atoms with E-state index in [0.717, 1.165) is 21.3 Å². The Morgan fingerprint density at radius 2 is 2.10 bits per heavy atom. The first kappa shape index (κ1) is 14.6. The Kier molecular flexibility index (Phi) is 4.13. The zero-order valence-corrected chi connectivity index (χ0v) is 12.9. The van der Waals surface area contributed by atoms with Gasteiger partial charge >= 0.3 is 5.97 Å². The van der Waals surface area contributed by atoms with Crippen molar-refractivity contribution in [3.63, 3.8) is 0 Å². The van der Waals surface area contributed by atoms with Crippen LogP contribution in [0.2, 0.25) is 0 Å². The van der Waals surface area contributed by atoms with Crippen LogP contribution in [-0.2, 0) is 0 Å². The molecule has 1 aromatic heterocycles. The van der Waals surface area contributed by atoms with Gasteiger partial charge in [-0.25, -0.2) is 4.79 Å². The number of aromatic carboxylic acids is 1. The molecule has 0 unspecified atom stereocenters. The van der Waals surface area contributed by atoms with Crippen molar-refractivity contribution in [1.82, 2.24) is 5.16 Å². The quantitative estimate of drug-likeness (QED) is 0.913. The van der Waals surface area contributed by atoms with Crippen LogP contribution in [0.5, 0.6) is 5.75 Å². The van der Waals surface area contributed by atoms with E-state index in [1.54, 1.807) is 7.11 Å². The minimum absolute atomic E-state index is 0.192. The number of rotatable bonds is 4. The molecule has 0 aliphatic rings. The van der Waals surface area contributed by atoms with Crippen molar-refractivity contribution >= 4 is 21.9 Å². The van der Waals surface area contributed by atoms with E-state index in [1.807, 2.05) is 12.1 Å². The van der Waals surface area contributed by atoms with E-state index >= 15 is 0 Å². The lowest BCUT2D eigenvalue weighted by molar-refractivity contribution is 0.0652. The first-order valence-corrected chi connectivity index (χ1v) is 6.81. The molecule has 0 atom stereocenters. The summed E-state index contributed by atoms with van der Waals surface area (Å²) in [5.74, 6) is -0.318. The maximum Gasteiger partial charge on any atom is 0.374 e. The van der Waals surface area contributed by atoms with Crippen LogP contribution in [0.1, 0.15) is 35.9 Å². The van der Waals surface area contributed by atoms with Crippen molar-refractivity contribution in [3.05, 3.63) is 34.0 Å². The molecule has 2 aromatic rings. The molecule has 0 aliphatic carbocycles. The summed E-state index contributed by atoms with van der Waals surface area (Å²) in [4.78, 5) is 10.8. The van der Waals surface area contributed by atoms with E-state index < -0.39 is 5.97 Å². The molecular weight excluding hydrogens is 326 g/mol. The molecule has 1 aromatic carbocycles. The van der Waals surface area contributed by atoms with E-state index in [-0.39, 0.29) is 5.76 Å². The third kappa shape index (κ3) is 2.70. The number of aromatic nitrogens is 1. The largest absolute Gasteiger partial charge is 0.496 e. The molecule has 0 fully saturated rings. The number of ether oxygens (including phenoxy) is 1. The molecule has 0 spiro atoms. The third-order valence-corrected chi connectivity index (χ3v) is 3.56. The second-order valence-corrected chi connectivity index (χ2v) is 5.46. The van der Waals surface area contributed by atoms with Gasteiger partial charge in [-0.1, -0.05) is 34.9 Å². The van der Waals surface area contributed by atoms with Crippen LogP contribution in [0, 0.1) is 0 Å². The molecule has 0 bridgehead atoms. The number of halogens is 1. The second kappa shape index (κ2) is 5.66. The summed E-state index contributed by atoms with van der Waals surface area (Å²) < 4.78 is 11.1. The highest BCUT2D eigenvalue weighted by Gasteiger charge is 2.17. The summed E-state index contributed by atoms with van der Waals surface area (Å²) in [6, 6.07) is 5.09. The Labute approximate surface area is 124 Å². The Morgan fingerprint density at radius 1 is 1.40 bits per heavy atom. The molecule has 0 saturated heterocycles. The van der Waals surface area contributed by atoms with Crippen molar-refractivity contribution in [3.8, 4) is 17.0 Å². The van der Waals surface area contributed by atoms with Gasteiger partial charge in [-0.15, -0.1) is 0 Å². The summed E-state index contributed by atoms with van der Waals surface area (Å²) >= 11 is 3.52. The number of nitrogens with zero attached hydrogens (tertiary/aromatic N) is 1. The summed E-state index contributed by atoms with van der Waals surface area (Å²) in [7, 11) is 1.60. The number of methoxy groups -OCH3 is 1. The topological polar surface area (TPSA) is 72.6 Å². The Bertz CT molecular complexity index is 649. The van der Waals surface area contributed by atoms with E-state index in [9.17, 15) is 4.79 Å². The minimum atomic E-state index is -1.14. The Balaban J connectivity index is 2.52. The van der Waals surface area contributed by atoms with Gasteiger partial charge < -0.3 is 14.4 Å². The van der Waals surface area contributed by atoms with Gasteiger partial charge in [-0.2, -0.15) is 0 Å². The first-order valence-electron chi connectivity index (χ1n) is 6.01. The van der Waals surface area contributed by atoms with Gasteiger partial charge in [0, 0.05) is 21.7 Å². The van der Waals surface area contributed by atoms with Crippen LogP contribution in [0.25, 0.3) is 11.3 Å². The van der Waals surface area contributed by atoms with Gasteiger partial charge in [0.2, 0.25) is 5.76 Å². The van der Waals surface area contributed by atoms with Crippen molar-refractivity contribution in [2.45, 2.75) is 19.8 Å². The Morgan fingerprint density at radius 3 is 2.60 bits per heavy atom. The standard InChI is InChI=1S/C14H14BrNO4/c1-7(2)13-9(15)4-8(5-11(13)19-3)10-6-12(14(17)18)20-16-10/h4-7H,1-3H3,(H,17,18). The second-order valence-electron chi connectivity index (χ2n) is 4.61. The molecule has 0 aliphatic heterocycles. The fourth-order valence-electron chi connectivity index (χ4n) is 1.98. The fourth-order valence-corrected chi connectivity index (χ4v) is 2.88. The van der Waals surface area contributed by atoms with Crippen LogP contribution in [0.3, 0.4) is 0 Å². The molecule has 1 N–H and O–H groups in total. The van der Waals surface area contributed by atoms with Crippen LogP contribution >= 0.6 is 15.9 Å². The van der Waals surface area contributed by atoms with Gasteiger partial charge in [0.05, 0.1) is 7.11 Å². The lowest BCUT2D eigenvalue weighted by Gasteiger charge is -2.15. The highest BCUT2D eigenvalue weighted by Crippen LogP contribution is 2.37. The highest BCUT2D eigenvalue weighted by atomic mass is 79.9. The van der Waals surface area contributed by atoms with Crippen molar-refractivity contribution in [2.24, 2.45) is 0 Å². The molecule has 106 valence electrons. The van der Waals surface area contributed by atoms with Crippen LogP contribution < -0.4 is 4.74 Å². The molecular formula is C14H14BrNO4. The van der Waals surface area contributed by atoms with E-state index in [1.165, 1.54) is 6.07 Å². The zero-order valence-electron chi connectivity index (χ0n) is 11.3. The number of benzene rings is 1. The molecule has 0 saturated carbocycles. The lowest BCUT2D eigenvalue weighted by atomic mass is 9.99. The van der Waals surface area contributed by atoms with Gasteiger partial charge in [0.1, 0.15) is 11.4 Å². The van der Waals surface area contributed by atoms with E-state index in [4.69, 9.17) is 14.4 Å². The first-order chi connectivity index (χ1) is 9.43. The number of hydrogen-bond donors (Lipinski definition) is 1. The van der Waals surface area contributed by atoms with E-state index in [0.29, 0.717) is 11.6 Å². The number of carboxylic acid groups (broad SMARTS) is 1. The molecule has 2 rings (SSSR count). The summed E-state index contributed by atoms with van der Waals surface area (Å²) in [6.45, 7) is 4.14. The van der Waals surface area contributed by atoms with Gasteiger partial charge in [-0.05, 0) is 18.1 Å². The maximum atomic E-state index is 10.8. The smallest absolute Gasteiger partial charge is 0.374 e. The predicted molar refractivity (Wildman–Crippen MR) is 77.2 cm³/mol. The van der Waals surface area contributed by atoms with Crippen molar-refractivity contribution in [1.29, 1.82) is 0 Å². The van der Waals surface area contributed by atoms with Crippen LogP contribution in [-0.4, -0.2) is 23.3 Å². The number of hydrogen-bond acceptors (Lipinski definition) is 4. The number of carboxylic acids is 1. The SMILES string of the molecule is COc1cc(-c2cc(C(=O)O)on2)cc(Br)c1C(C)C. The molecule has 6 heteroatoms. The monoisotopic (exact) mass is 339 g/mol. The van der Waals surface area contributed by atoms with Crippen LogP contribution in [0.4, 0.5) is 0 Å². The molecule has 0 radical (unpaired) electrons. The van der Waals surface area contributed by atoms with Crippen molar-refractivity contribution < 1.29 is 19.2 Å². The molecule has 20 heavy (non-hydrogen) atoms. The fraction of sp³-hybridized carbons (Fsp3) is 0.286. The average molecular weight is 340 g/mol. The average Bonchev–Trinajstić information content (AvgIpc) is 2.86. The van der Waals surface area contributed by atoms with Gasteiger partial charge in [0.25, 0.3) is 0 Å². The van der Waals surface area contributed by atoms with Gasteiger partial charge in [0.15, 0.2) is 0 Å². The Hall–Kier alpha value is -1.82. The highest BCUT2D eigenvalue weighted by molar-refractivity contribution is 9.10. The van der Waals surface area contributed by atoms with Crippen molar-refractivity contribution in [2.75, 3.05) is 7.11 Å². The summed E-state index contributed by atoms with van der Waals surface area (Å²) in [6.07, 6.45) is 0. The third-order valence-electron chi connectivity index (χ3n) is 2.91. The normalized spacial score (nSPS) is 10.8. The summed E-state index contributed by atoms with van der Waals surface area (Å²) in [5.41, 5.74) is 2.24. The van der Waals surface area contributed by atoms with Gasteiger partial charge in [-0.3, -0.25) is 0 Å². The maximum absolute atomic E-state index is 10.8.